The molecule has 0 amide bonds. The minimum absolute atomic E-state index is 0.168. The van der Waals surface area contributed by atoms with Crippen LogP contribution in [0.3, 0.4) is 0 Å². The van der Waals surface area contributed by atoms with Crippen LogP contribution in [0.2, 0.25) is 39.3 Å². The number of benzene rings is 1. The lowest BCUT2D eigenvalue weighted by atomic mass is 10.1. The second kappa shape index (κ2) is 5.79. The molecule has 0 radical (unpaired) electrons. The van der Waals surface area contributed by atoms with Crippen molar-refractivity contribution in [2.45, 2.75) is 39.3 Å². The molecule has 0 saturated carbocycles. The molecule has 2 N–H and O–H groups in total. The highest BCUT2D eigenvalue weighted by Crippen LogP contribution is 2.31. The van der Waals surface area contributed by atoms with Crippen molar-refractivity contribution in [2.75, 3.05) is 0 Å². The largest absolute Gasteiger partial charge is 0.503 e. The molecule has 4 heteroatoms. The van der Waals surface area contributed by atoms with Gasteiger partial charge in [0.15, 0.2) is 11.5 Å². The molecule has 106 valence electrons. The Morgan fingerprint density at radius 2 is 1.00 bits per heavy atom. The minimum atomic E-state index is -1.51. The maximum absolute atomic E-state index is 10.0. The van der Waals surface area contributed by atoms with E-state index in [1.165, 1.54) is 0 Å². The van der Waals surface area contributed by atoms with Gasteiger partial charge in [0.05, 0.1) is 11.1 Å². The van der Waals surface area contributed by atoms with Crippen LogP contribution in [0.5, 0.6) is 11.5 Å². The van der Waals surface area contributed by atoms with Crippen LogP contribution in [-0.2, 0) is 0 Å². The maximum Gasteiger partial charge on any atom is 0.174 e. The summed E-state index contributed by atoms with van der Waals surface area (Å²) in [5.74, 6) is 5.57. The Morgan fingerprint density at radius 3 is 1.25 bits per heavy atom. The van der Waals surface area contributed by atoms with Gasteiger partial charge in [0.2, 0.25) is 0 Å². The molecule has 0 bridgehead atoms. The number of aromatic hydroxyl groups is 2. The van der Waals surface area contributed by atoms with E-state index in [1.54, 1.807) is 12.1 Å². The summed E-state index contributed by atoms with van der Waals surface area (Å²) in [5, 5.41) is 20.0. The zero-order chi connectivity index (χ0) is 15.6. The number of phenols is 2. The molecule has 0 aromatic heterocycles. The molecule has 0 unspecified atom stereocenters. The summed E-state index contributed by atoms with van der Waals surface area (Å²) < 4.78 is 0. The molecule has 2 nitrogen and oxygen atoms in total. The molecule has 0 saturated heterocycles. The minimum Gasteiger partial charge on any atom is -0.503 e. The Labute approximate surface area is 123 Å². The van der Waals surface area contributed by atoms with Crippen LogP contribution >= 0.6 is 0 Å². The number of hydrogen-bond acceptors (Lipinski definition) is 2. The van der Waals surface area contributed by atoms with Crippen molar-refractivity contribution in [3.8, 4) is 34.4 Å². The predicted octanol–water partition coefficient (Wildman–Crippen LogP) is 3.56. The van der Waals surface area contributed by atoms with E-state index >= 15 is 0 Å². The fourth-order valence-electron chi connectivity index (χ4n) is 1.29. The molecule has 0 heterocycles. The average Bonchev–Trinajstić information content (AvgIpc) is 2.27. The van der Waals surface area contributed by atoms with Crippen LogP contribution in [0.25, 0.3) is 0 Å². The van der Waals surface area contributed by atoms with E-state index < -0.39 is 16.1 Å². The Bertz CT molecular complexity index is 570. The van der Waals surface area contributed by atoms with Gasteiger partial charge < -0.3 is 10.2 Å². The first-order valence-corrected chi connectivity index (χ1v) is 13.6. The SMILES string of the molecule is C[Si](C)(C)C#Cc1ccc(C#C[Si](C)(C)C)c(O)c1O. The second-order valence-corrected chi connectivity index (χ2v) is 16.4. The van der Waals surface area contributed by atoms with Crippen LogP contribution in [-0.4, -0.2) is 26.4 Å². The van der Waals surface area contributed by atoms with Gasteiger partial charge in [0.1, 0.15) is 16.1 Å². The Kier molecular flexibility index (Phi) is 4.75. The first-order chi connectivity index (χ1) is 8.99. The molecule has 1 rings (SSSR count). The van der Waals surface area contributed by atoms with Crippen molar-refractivity contribution >= 4 is 16.1 Å². The Hall–Kier alpha value is -1.63. The summed E-state index contributed by atoms with van der Waals surface area (Å²) in [5.41, 5.74) is 7.26. The lowest BCUT2D eigenvalue weighted by Crippen LogP contribution is -2.16. The van der Waals surface area contributed by atoms with Crippen LogP contribution < -0.4 is 0 Å². The van der Waals surface area contributed by atoms with Crippen molar-refractivity contribution in [1.82, 2.24) is 0 Å². The summed E-state index contributed by atoms with van der Waals surface area (Å²) in [7, 11) is -3.02. The summed E-state index contributed by atoms with van der Waals surface area (Å²) in [6, 6.07) is 3.44. The van der Waals surface area contributed by atoms with Crippen molar-refractivity contribution < 1.29 is 10.2 Å². The fourth-order valence-corrected chi connectivity index (χ4v) is 2.31. The first kappa shape index (κ1) is 16.4. The van der Waals surface area contributed by atoms with Gasteiger partial charge in [-0.15, -0.1) is 11.1 Å². The lowest BCUT2D eigenvalue weighted by molar-refractivity contribution is 0.402. The van der Waals surface area contributed by atoms with E-state index in [4.69, 9.17) is 0 Å². The third-order valence-electron chi connectivity index (χ3n) is 2.30. The molecule has 1 aromatic carbocycles. The van der Waals surface area contributed by atoms with Crippen molar-refractivity contribution in [1.29, 1.82) is 0 Å². The summed E-state index contributed by atoms with van der Waals surface area (Å²) >= 11 is 0. The monoisotopic (exact) mass is 302 g/mol. The molecule has 1 aromatic rings. The Morgan fingerprint density at radius 1 is 0.700 bits per heavy atom. The van der Waals surface area contributed by atoms with Gasteiger partial charge in [-0.25, -0.2) is 0 Å². The fraction of sp³-hybridized carbons (Fsp3) is 0.375. The summed E-state index contributed by atoms with van der Waals surface area (Å²) in [6.07, 6.45) is 0. The van der Waals surface area contributed by atoms with Crippen LogP contribution in [0.4, 0.5) is 0 Å². The number of hydrogen-bond donors (Lipinski definition) is 2. The molecule has 0 aliphatic heterocycles. The number of rotatable bonds is 0. The zero-order valence-corrected chi connectivity index (χ0v) is 15.0. The second-order valence-electron chi connectivity index (χ2n) is 6.86. The van der Waals surface area contributed by atoms with E-state index in [1.807, 2.05) is 0 Å². The molecular formula is C16H22O2Si2. The zero-order valence-electron chi connectivity index (χ0n) is 13.0. The van der Waals surface area contributed by atoms with Crippen LogP contribution in [0, 0.1) is 22.9 Å². The topological polar surface area (TPSA) is 40.5 Å². The highest BCUT2D eigenvalue weighted by molar-refractivity contribution is 6.84. The maximum atomic E-state index is 10.0. The van der Waals surface area contributed by atoms with Gasteiger partial charge in [0, 0.05) is 0 Å². The Balaban J connectivity index is 3.22. The van der Waals surface area contributed by atoms with Crippen LogP contribution in [0.15, 0.2) is 12.1 Å². The van der Waals surface area contributed by atoms with E-state index in [9.17, 15) is 10.2 Å². The standard InChI is InChI=1S/C16H22O2Si2/c1-19(2,3)11-9-13-7-8-14(16(18)15(13)17)10-12-20(4,5)6/h7-8,17-18H,1-6H3. The molecule has 0 aliphatic rings. The first-order valence-electron chi connectivity index (χ1n) is 6.61. The molecule has 0 aliphatic carbocycles. The molecule has 0 spiro atoms. The van der Waals surface area contributed by atoms with Crippen LogP contribution in [0.1, 0.15) is 11.1 Å². The van der Waals surface area contributed by atoms with E-state index in [2.05, 4.69) is 62.2 Å². The molecule has 0 atom stereocenters. The van der Waals surface area contributed by atoms with E-state index in [0.29, 0.717) is 11.1 Å². The lowest BCUT2D eigenvalue weighted by Gasteiger charge is -2.07. The van der Waals surface area contributed by atoms with Gasteiger partial charge in [-0.1, -0.05) is 51.1 Å². The van der Waals surface area contributed by atoms with Gasteiger partial charge in [-0.05, 0) is 12.1 Å². The van der Waals surface area contributed by atoms with Crippen molar-refractivity contribution in [2.24, 2.45) is 0 Å². The van der Waals surface area contributed by atoms with Crippen molar-refractivity contribution in [3.63, 3.8) is 0 Å². The normalized spacial score (nSPS) is 11.1. The van der Waals surface area contributed by atoms with E-state index in [-0.39, 0.29) is 11.5 Å². The quantitative estimate of drug-likeness (QED) is 0.437. The summed E-state index contributed by atoms with van der Waals surface area (Å²) in [6.45, 7) is 12.8. The van der Waals surface area contributed by atoms with Gasteiger partial charge >= 0.3 is 0 Å². The molecular weight excluding hydrogens is 280 g/mol. The highest BCUT2D eigenvalue weighted by Gasteiger charge is 2.12. The average molecular weight is 303 g/mol. The van der Waals surface area contributed by atoms with E-state index in [0.717, 1.165) is 0 Å². The molecule has 0 fully saturated rings. The summed E-state index contributed by atoms with van der Waals surface area (Å²) in [4.78, 5) is 0. The third kappa shape index (κ3) is 5.16. The highest BCUT2D eigenvalue weighted by atomic mass is 28.3. The molecule has 20 heavy (non-hydrogen) atoms. The van der Waals surface area contributed by atoms with Gasteiger partial charge in [0.25, 0.3) is 0 Å². The van der Waals surface area contributed by atoms with Crippen molar-refractivity contribution in [3.05, 3.63) is 23.3 Å². The predicted molar refractivity (Wildman–Crippen MR) is 90.2 cm³/mol. The number of phenolic OH excluding ortho intramolecular Hbond substituents is 2. The van der Waals surface area contributed by atoms with Gasteiger partial charge in [-0.3, -0.25) is 0 Å². The van der Waals surface area contributed by atoms with Gasteiger partial charge in [-0.2, -0.15) is 0 Å². The third-order valence-corrected chi connectivity index (χ3v) is 4.05. The smallest absolute Gasteiger partial charge is 0.174 e.